The second-order valence-electron chi connectivity index (χ2n) is 7.13. The number of aliphatic hydroxyl groups excluding tert-OH is 2. The zero-order valence-corrected chi connectivity index (χ0v) is 15.9. The van der Waals surface area contributed by atoms with E-state index >= 15 is 0 Å². The van der Waals surface area contributed by atoms with Crippen LogP contribution in [0.25, 0.3) is 0 Å². The maximum Gasteiger partial charge on any atom is 0.109 e. The standard InChI is InChI=1S/C19H29ClN2O4/c1-25-12-15-6-3-7-22(15)18-16(26-17(11-23)19(18)24)10-21-9-13-4-2-5-14(20)8-13/h2,4-5,8,15-19,21,23-24H,3,6-7,9-12H2,1H3/t15-,16-,17+,18+,19-/m1/s1. The van der Waals surface area contributed by atoms with Gasteiger partial charge in [-0.3, -0.25) is 4.90 Å². The fourth-order valence-corrected chi connectivity index (χ4v) is 4.40. The number of halogens is 1. The van der Waals surface area contributed by atoms with Gasteiger partial charge in [0.1, 0.15) is 12.2 Å². The molecule has 7 heteroatoms. The molecule has 2 aliphatic heterocycles. The van der Waals surface area contributed by atoms with E-state index in [9.17, 15) is 10.2 Å². The monoisotopic (exact) mass is 384 g/mol. The Balaban J connectivity index is 1.63. The number of nitrogens with zero attached hydrogens (tertiary/aromatic N) is 1. The van der Waals surface area contributed by atoms with Crippen molar-refractivity contribution in [3.05, 3.63) is 34.9 Å². The van der Waals surface area contributed by atoms with Crippen molar-refractivity contribution in [3.8, 4) is 0 Å². The Morgan fingerprint density at radius 3 is 2.96 bits per heavy atom. The Morgan fingerprint density at radius 2 is 2.23 bits per heavy atom. The van der Waals surface area contributed by atoms with E-state index in [1.54, 1.807) is 7.11 Å². The molecule has 0 saturated carbocycles. The summed E-state index contributed by atoms with van der Waals surface area (Å²) in [5.41, 5.74) is 1.10. The van der Waals surface area contributed by atoms with Gasteiger partial charge >= 0.3 is 0 Å². The van der Waals surface area contributed by atoms with Crippen molar-refractivity contribution in [2.24, 2.45) is 0 Å². The molecular formula is C19H29ClN2O4. The van der Waals surface area contributed by atoms with Crippen molar-refractivity contribution in [2.45, 2.75) is 49.8 Å². The highest BCUT2D eigenvalue weighted by Gasteiger charge is 2.48. The average Bonchev–Trinajstić information content (AvgIpc) is 3.19. The number of hydrogen-bond acceptors (Lipinski definition) is 6. The molecule has 0 aromatic heterocycles. The van der Waals surface area contributed by atoms with Crippen molar-refractivity contribution in [1.82, 2.24) is 10.2 Å². The van der Waals surface area contributed by atoms with Crippen LogP contribution in [-0.4, -0.2) is 78.9 Å². The maximum absolute atomic E-state index is 10.7. The Labute approximate surface area is 160 Å². The Bertz CT molecular complexity index is 576. The van der Waals surface area contributed by atoms with Crippen molar-refractivity contribution in [3.63, 3.8) is 0 Å². The Morgan fingerprint density at radius 1 is 1.38 bits per heavy atom. The van der Waals surface area contributed by atoms with E-state index < -0.39 is 12.2 Å². The van der Waals surface area contributed by atoms with Gasteiger partial charge in [-0.2, -0.15) is 0 Å². The number of hydrogen-bond donors (Lipinski definition) is 3. The Kier molecular flexibility index (Phi) is 7.28. The molecule has 0 spiro atoms. The second-order valence-corrected chi connectivity index (χ2v) is 7.56. The summed E-state index contributed by atoms with van der Waals surface area (Å²) in [6, 6.07) is 7.89. The molecule has 2 fully saturated rings. The molecular weight excluding hydrogens is 356 g/mol. The third kappa shape index (κ3) is 4.57. The average molecular weight is 385 g/mol. The van der Waals surface area contributed by atoms with Gasteiger partial charge in [0.05, 0.1) is 25.4 Å². The van der Waals surface area contributed by atoms with Crippen LogP contribution in [0.4, 0.5) is 0 Å². The number of ether oxygens (including phenoxy) is 2. The molecule has 6 nitrogen and oxygen atoms in total. The first-order valence-corrected chi connectivity index (χ1v) is 9.66. The molecule has 26 heavy (non-hydrogen) atoms. The van der Waals surface area contributed by atoms with Crippen molar-refractivity contribution < 1.29 is 19.7 Å². The van der Waals surface area contributed by atoms with Crippen LogP contribution in [0.3, 0.4) is 0 Å². The van der Waals surface area contributed by atoms with Gasteiger partial charge in [0.2, 0.25) is 0 Å². The fourth-order valence-electron chi connectivity index (χ4n) is 4.18. The van der Waals surface area contributed by atoms with Gasteiger partial charge in [-0.05, 0) is 37.1 Å². The molecule has 3 rings (SSSR count). The zero-order valence-electron chi connectivity index (χ0n) is 15.2. The van der Waals surface area contributed by atoms with Crippen LogP contribution >= 0.6 is 11.6 Å². The Hall–Kier alpha value is -0.730. The number of methoxy groups -OCH3 is 1. The molecule has 2 saturated heterocycles. The van der Waals surface area contributed by atoms with Gasteiger partial charge in [-0.1, -0.05) is 23.7 Å². The first kappa shape index (κ1) is 20.0. The summed E-state index contributed by atoms with van der Waals surface area (Å²) in [6.45, 7) is 2.67. The second kappa shape index (κ2) is 9.46. The van der Waals surface area contributed by atoms with E-state index in [0.29, 0.717) is 19.7 Å². The topological polar surface area (TPSA) is 74.2 Å². The van der Waals surface area contributed by atoms with E-state index in [1.807, 2.05) is 24.3 Å². The number of likely N-dealkylation sites (tertiary alicyclic amines) is 1. The van der Waals surface area contributed by atoms with Crippen LogP contribution in [-0.2, 0) is 16.0 Å². The molecule has 3 N–H and O–H groups in total. The molecule has 0 radical (unpaired) electrons. The first-order chi connectivity index (χ1) is 12.6. The van der Waals surface area contributed by atoms with E-state index in [0.717, 1.165) is 30.0 Å². The normalized spacial score (nSPS) is 32.4. The lowest BCUT2D eigenvalue weighted by Crippen LogP contribution is -2.53. The highest BCUT2D eigenvalue weighted by atomic mass is 35.5. The molecule has 0 bridgehead atoms. The van der Waals surface area contributed by atoms with Crippen molar-refractivity contribution in [2.75, 3.05) is 33.4 Å². The number of nitrogens with one attached hydrogen (secondary N) is 1. The third-order valence-electron chi connectivity index (χ3n) is 5.37. The zero-order chi connectivity index (χ0) is 18.5. The van der Waals surface area contributed by atoms with Crippen molar-refractivity contribution in [1.29, 1.82) is 0 Å². The number of rotatable bonds is 8. The lowest BCUT2D eigenvalue weighted by Gasteiger charge is -2.34. The van der Waals surface area contributed by atoms with Gasteiger partial charge in [0, 0.05) is 31.3 Å². The van der Waals surface area contributed by atoms with Crippen LogP contribution in [0, 0.1) is 0 Å². The molecule has 1 aromatic carbocycles. The van der Waals surface area contributed by atoms with Crippen LogP contribution in [0.15, 0.2) is 24.3 Å². The van der Waals surface area contributed by atoms with Gasteiger partial charge in [0.15, 0.2) is 0 Å². The van der Waals surface area contributed by atoms with Gasteiger partial charge in [-0.15, -0.1) is 0 Å². The van der Waals surface area contributed by atoms with Crippen LogP contribution in [0.5, 0.6) is 0 Å². The lowest BCUT2D eigenvalue weighted by atomic mass is 10.0. The molecule has 1 aromatic rings. The molecule has 0 unspecified atom stereocenters. The van der Waals surface area contributed by atoms with E-state index in [-0.39, 0.29) is 24.8 Å². The van der Waals surface area contributed by atoms with Crippen molar-refractivity contribution >= 4 is 11.6 Å². The molecule has 146 valence electrons. The van der Waals surface area contributed by atoms with E-state index in [1.165, 1.54) is 0 Å². The summed E-state index contributed by atoms with van der Waals surface area (Å²) in [5.74, 6) is 0. The van der Waals surface area contributed by atoms with Crippen LogP contribution in [0.2, 0.25) is 5.02 Å². The van der Waals surface area contributed by atoms with Gasteiger partial charge in [-0.25, -0.2) is 0 Å². The predicted molar refractivity (Wildman–Crippen MR) is 100 cm³/mol. The summed E-state index contributed by atoms with van der Waals surface area (Å²) in [4.78, 5) is 2.30. The quantitative estimate of drug-likeness (QED) is 0.621. The molecule has 5 atom stereocenters. The number of aliphatic hydroxyl groups is 2. The summed E-state index contributed by atoms with van der Waals surface area (Å²) < 4.78 is 11.3. The highest BCUT2D eigenvalue weighted by molar-refractivity contribution is 6.30. The van der Waals surface area contributed by atoms with E-state index in [4.69, 9.17) is 21.1 Å². The van der Waals surface area contributed by atoms with Crippen LogP contribution < -0.4 is 5.32 Å². The minimum atomic E-state index is -0.699. The largest absolute Gasteiger partial charge is 0.394 e. The molecule has 2 aliphatic rings. The predicted octanol–water partition coefficient (Wildman–Crippen LogP) is 1.03. The maximum atomic E-state index is 10.7. The lowest BCUT2D eigenvalue weighted by molar-refractivity contribution is -0.0213. The molecule has 0 amide bonds. The summed E-state index contributed by atoms with van der Waals surface area (Å²) in [5, 5.41) is 24.4. The highest BCUT2D eigenvalue weighted by Crippen LogP contribution is 2.31. The number of benzene rings is 1. The molecule has 0 aliphatic carbocycles. The molecule has 2 heterocycles. The summed E-state index contributed by atoms with van der Waals surface area (Å²) in [7, 11) is 1.71. The minimum absolute atomic E-state index is 0.137. The summed E-state index contributed by atoms with van der Waals surface area (Å²) >= 11 is 6.03. The minimum Gasteiger partial charge on any atom is -0.394 e. The van der Waals surface area contributed by atoms with Gasteiger partial charge < -0.3 is 25.0 Å². The summed E-state index contributed by atoms with van der Waals surface area (Å²) in [6.07, 6.45) is 0.726. The smallest absolute Gasteiger partial charge is 0.109 e. The van der Waals surface area contributed by atoms with Crippen LogP contribution in [0.1, 0.15) is 18.4 Å². The first-order valence-electron chi connectivity index (χ1n) is 9.28. The third-order valence-corrected chi connectivity index (χ3v) is 5.60. The van der Waals surface area contributed by atoms with Gasteiger partial charge in [0.25, 0.3) is 0 Å². The van der Waals surface area contributed by atoms with E-state index in [2.05, 4.69) is 10.2 Å². The SMILES string of the molecule is COC[C@H]1CCCN1[C@@H]1[C@H](O)[C@H](CO)O[C@@H]1CNCc1cccc(Cl)c1. The fraction of sp³-hybridized carbons (Fsp3) is 0.684.